The maximum absolute atomic E-state index is 11.9. The van der Waals surface area contributed by atoms with Crippen molar-refractivity contribution in [1.82, 2.24) is 4.98 Å². The summed E-state index contributed by atoms with van der Waals surface area (Å²) in [7, 11) is 1.52. The average Bonchev–Trinajstić information content (AvgIpc) is 2.37. The minimum atomic E-state index is -0.430. The van der Waals surface area contributed by atoms with Gasteiger partial charge in [-0.2, -0.15) is 5.26 Å². The first kappa shape index (κ1) is 14.6. The number of nitrogens with one attached hydrogen (secondary N) is 1. The predicted molar refractivity (Wildman–Crippen MR) is 81.2 cm³/mol. The van der Waals surface area contributed by atoms with Gasteiger partial charge >= 0.3 is 0 Å². The number of nitrogens with zero attached hydrogens (tertiary/aromatic N) is 1. The molecule has 0 saturated heterocycles. The minimum absolute atomic E-state index is 0.0306. The van der Waals surface area contributed by atoms with E-state index in [0.717, 1.165) is 0 Å². The number of H-pyrrole nitrogens is 1. The minimum Gasteiger partial charge on any atom is -0.495 e. The molecule has 0 aliphatic heterocycles. The van der Waals surface area contributed by atoms with E-state index >= 15 is 0 Å². The van der Waals surface area contributed by atoms with Gasteiger partial charge in [-0.05, 0) is 41.1 Å². The Morgan fingerprint density at radius 2 is 2.05 bits per heavy atom. The zero-order valence-electron chi connectivity index (χ0n) is 10.8. The maximum atomic E-state index is 11.9. The van der Waals surface area contributed by atoms with Gasteiger partial charge in [0.05, 0.1) is 11.6 Å². The number of aryl methyl sites for hydroxylation is 1. The lowest BCUT2D eigenvalue weighted by Crippen LogP contribution is -2.13. The SMILES string of the molecule is COc1c(Br)cc(Cl)cc1-c1cc(C)[nH]c(=O)c1C#N. The second-order valence-electron chi connectivity index (χ2n) is 4.15. The van der Waals surface area contributed by atoms with Gasteiger partial charge in [0.25, 0.3) is 5.56 Å². The zero-order valence-corrected chi connectivity index (χ0v) is 13.1. The van der Waals surface area contributed by atoms with Crippen molar-refractivity contribution in [2.45, 2.75) is 6.92 Å². The van der Waals surface area contributed by atoms with Crippen LogP contribution in [-0.2, 0) is 0 Å². The highest BCUT2D eigenvalue weighted by atomic mass is 79.9. The molecule has 0 saturated carbocycles. The molecular weight excluding hydrogens is 344 g/mol. The molecule has 0 bridgehead atoms. The van der Waals surface area contributed by atoms with Crippen LogP contribution < -0.4 is 10.3 Å². The lowest BCUT2D eigenvalue weighted by atomic mass is 10.00. The summed E-state index contributed by atoms with van der Waals surface area (Å²) in [4.78, 5) is 14.5. The van der Waals surface area contributed by atoms with Gasteiger partial charge in [-0.3, -0.25) is 4.79 Å². The lowest BCUT2D eigenvalue weighted by Gasteiger charge is -2.13. The number of rotatable bonds is 2. The van der Waals surface area contributed by atoms with Crippen molar-refractivity contribution in [3.63, 3.8) is 0 Å². The van der Waals surface area contributed by atoms with Gasteiger partial charge < -0.3 is 9.72 Å². The van der Waals surface area contributed by atoms with Crippen LogP contribution in [-0.4, -0.2) is 12.1 Å². The van der Waals surface area contributed by atoms with Crippen LogP contribution in [0.15, 0.2) is 27.5 Å². The van der Waals surface area contributed by atoms with Crippen molar-refractivity contribution in [3.8, 4) is 22.9 Å². The molecule has 4 nitrogen and oxygen atoms in total. The van der Waals surface area contributed by atoms with Crippen molar-refractivity contribution < 1.29 is 4.74 Å². The predicted octanol–water partition coefficient (Wildman–Crippen LogP) is 3.65. The van der Waals surface area contributed by atoms with E-state index in [1.807, 2.05) is 6.07 Å². The first-order valence-corrected chi connectivity index (χ1v) is 6.82. The fourth-order valence-corrected chi connectivity index (χ4v) is 2.95. The number of nitriles is 1. The highest BCUT2D eigenvalue weighted by molar-refractivity contribution is 9.10. The number of ether oxygens (including phenoxy) is 1. The Balaban J connectivity index is 2.88. The number of halogens is 2. The summed E-state index contributed by atoms with van der Waals surface area (Å²) < 4.78 is 5.99. The number of hydrogen-bond donors (Lipinski definition) is 1. The number of pyridine rings is 1. The van der Waals surface area contributed by atoms with Crippen molar-refractivity contribution in [2.24, 2.45) is 0 Å². The van der Waals surface area contributed by atoms with Gasteiger partial charge in [0.2, 0.25) is 0 Å². The summed E-state index contributed by atoms with van der Waals surface area (Å²) >= 11 is 9.41. The van der Waals surface area contributed by atoms with E-state index in [2.05, 4.69) is 20.9 Å². The Morgan fingerprint density at radius 1 is 1.35 bits per heavy atom. The fraction of sp³-hybridized carbons (Fsp3) is 0.143. The van der Waals surface area contributed by atoms with Gasteiger partial charge in [-0.1, -0.05) is 11.6 Å². The number of methoxy groups -OCH3 is 1. The lowest BCUT2D eigenvalue weighted by molar-refractivity contribution is 0.414. The largest absolute Gasteiger partial charge is 0.495 e. The van der Waals surface area contributed by atoms with Crippen molar-refractivity contribution in [3.05, 3.63) is 49.3 Å². The molecule has 2 aromatic rings. The smallest absolute Gasteiger partial charge is 0.266 e. The molecule has 0 fully saturated rings. The van der Waals surface area contributed by atoms with Crippen LogP contribution in [0.25, 0.3) is 11.1 Å². The van der Waals surface area contributed by atoms with E-state index in [9.17, 15) is 10.1 Å². The molecule has 0 amide bonds. The Morgan fingerprint density at radius 3 is 2.65 bits per heavy atom. The van der Waals surface area contributed by atoms with Crippen LogP contribution >= 0.6 is 27.5 Å². The number of hydrogen-bond acceptors (Lipinski definition) is 3. The summed E-state index contributed by atoms with van der Waals surface area (Å²) in [5.41, 5.74) is 1.34. The van der Waals surface area contributed by atoms with Crippen LogP contribution in [0.5, 0.6) is 5.75 Å². The monoisotopic (exact) mass is 352 g/mol. The standard InChI is InChI=1S/C14H10BrClN2O2/c1-7-3-9(11(6-17)14(19)18-7)10-4-8(16)5-12(15)13(10)20-2/h3-5H,1-2H3,(H,18,19). The summed E-state index contributed by atoms with van der Waals surface area (Å²) in [6.45, 7) is 1.75. The number of benzene rings is 1. The molecule has 0 aliphatic carbocycles. The Bertz CT molecular complexity index is 778. The molecule has 0 radical (unpaired) electrons. The molecule has 102 valence electrons. The van der Waals surface area contributed by atoms with Gasteiger partial charge in [-0.25, -0.2) is 0 Å². The normalized spacial score (nSPS) is 10.2. The van der Waals surface area contributed by atoms with E-state index in [4.69, 9.17) is 16.3 Å². The third-order valence-corrected chi connectivity index (χ3v) is 3.59. The number of aromatic amines is 1. The van der Waals surface area contributed by atoms with E-state index < -0.39 is 5.56 Å². The van der Waals surface area contributed by atoms with Gasteiger partial charge in [0, 0.05) is 21.8 Å². The molecule has 1 aromatic heterocycles. The van der Waals surface area contributed by atoms with Crippen LogP contribution in [0.2, 0.25) is 5.02 Å². The molecule has 0 spiro atoms. The second kappa shape index (κ2) is 5.70. The third kappa shape index (κ3) is 2.58. The van der Waals surface area contributed by atoms with E-state index in [1.165, 1.54) is 7.11 Å². The molecule has 1 N–H and O–H groups in total. The molecule has 2 rings (SSSR count). The zero-order chi connectivity index (χ0) is 14.9. The first-order valence-electron chi connectivity index (χ1n) is 5.65. The summed E-state index contributed by atoms with van der Waals surface area (Å²) in [6.07, 6.45) is 0. The molecule has 6 heteroatoms. The maximum Gasteiger partial charge on any atom is 0.266 e. The van der Waals surface area contributed by atoms with Gasteiger partial charge in [-0.15, -0.1) is 0 Å². The van der Waals surface area contributed by atoms with E-state index in [0.29, 0.717) is 32.1 Å². The van der Waals surface area contributed by atoms with Crippen LogP contribution in [0, 0.1) is 18.3 Å². The molecule has 0 unspecified atom stereocenters. The second-order valence-corrected chi connectivity index (χ2v) is 5.44. The average molecular weight is 354 g/mol. The van der Waals surface area contributed by atoms with Crippen LogP contribution in [0.1, 0.15) is 11.3 Å². The Labute approximate surface area is 129 Å². The summed E-state index contributed by atoms with van der Waals surface area (Å²) in [6, 6.07) is 7.00. The van der Waals surface area contributed by atoms with E-state index in [1.54, 1.807) is 25.1 Å². The first-order chi connectivity index (χ1) is 9.47. The highest BCUT2D eigenvalue weighted by Gasteiger charge is 2.17. The third-order valence-electron chi connectivity index (χ3n) is 2.78. The van der Waals surface area contributed by atoms with E-state index in [-0.39, 0.29) is 5.56 Å². The molecule has 20 heavy (non-hydrogen) atoms. The van der Waals surface area contributed by atoms with Crippen LogP contribution in [0.4, 0.5) is 0 Å². The number of aromatic nitrogens is 1. The molecular formula is C14H10BrClN2O2. The topological polar surface area (TPSA) is 65.9 Å². The Kier molecular flexibility index (Phi) is 4.17. The Hall–Kier alpha value is -1.77. The quantitative estimate of drug-likeness (QED) is 0.896. The van der Waals surface area contributed by atoms with Crippen LogP contribution in [0.3, 0.4) is 0 Å². The fourth-order valence-electron chi connectivity index (χ4n) is 1.98. The molecule has 0 aliphatic rings. The molecule has 1 heterocycles. The van der Waals surface area contributed by atoms with Crippen molar-refractivity contribution in [2.75, 3.05) is 7.11 Å². The molecule has 0 atom stereocenters. The van der Waals surface area contributed by atoms with Gasteiger partial charge in [0.1, 0.15) is 17.4 Å². The highest BCUT2D eigenvalue weighted by Crippen LogP contribution is 2.39. The van der Waals surface area contributed by atoms with Crippen molar-refractivity contribution >= 4 is 27.5 Å². The summed E-state index contributed by atoms with van der Waals surface area (Å²) in [5, 5.41) is 9.68. The van der Waals surface area contributed by atoms with Crippen molar-refractivity contribution in [1.29, 1.82) is 5.26 Å². The molecule has 1 aromatic carbocycles. The van der Waals surface area contributed by atoms with Gasteiger partial charge in [0.15, 0.2) is 0 Å². The summed E-state index contributed by atoms with van der Waals surface area (Å²) in [5.74, 6) is 0.524.